The van der Waals surface area contributed by atoms with Crippen LogP contribution in [0.5, 0.6) is 5.75 Å². The molecule has 0 aromatic heterocycles. The molecule has 0 saturated heterocycles. The molecule has 0 radical (unpaired) electrons. The first kappa shape index (κ1) is 16.8. The van der Waals surface area contributed by atoms with Crippen LogP contribution in [0.1, 0.15) is 21.5 Å². The molecule has 0 aliphatic carbocycles. The van der Waals surface area contributed by atoms with Crippen LogP contribution in [0.3, 0.4) is 0 Å². The summed E-state index contributed by atoms with van der Waals surface area (Å²) in [6, 6.07) is 9.55. The number of halogens is 1. The number of hydrogen-bond acceptors (Lipinski definition) is 4. The number of anilines is 1. The standard InChI is InChI=1S/C17H16ClNO4/c1-10-4-3-5-14(11(10)2)19-16(21)9-23-17(22)13-8-12(18)6-7-15(13)20/h3-8,20H,9H2,1-2H3,(H,19,21). The van der Waals surface area contributed by atoms with Crippen LogP contribution in [-0.4, -0.2) is 23.6 Å². The van der Waals surface area contributed by atoms with E-state index in [0.717, 1.165) is 11.1 Å². The third-order valence-electron chi connectivity index (χ3n) is 3.39. The number of amides is 1. The normalized spacial score (nSPS) is 10.2. The SMILES string of the molecule is Cc1cccc(NC(=O)COC(=O)c2cc(Cl)ccc2O)c1C. The number of carbonyl (C=O) groups excluding carboxylic acids is 2. The smallest absolute Gasteiger partial charge is 0.342 e. The van der Waals surface area contributed by atoms with E-state index in [-0.39, 0.29) is 16.3 Å². The second-order valence-corrected chi connectivity index (χ2v) is 5.47. The van der Waals surface area contributed by atoms with E-state index in [1.807, 2.05) is 26.0 Å². The highest BCUT2D eigenvalue weighted by Gasteiger charge is 2.15. The molecule has 2 N–H and O–H groups in total. The zero-order valence-corrected chi connectivity index (χ0v) is 13.5. The summed E-state index contributed by atoms with van der Waals surface area (Å²) >= 11 is 5.76. The third-order valence-corrected chi connectivity index (χ3v) is 3.63. The fraction of sp³-hybridized carbons (Fsp3) is 0.176. The molecule has 120 valence electrons. The van der Waals surface area contributed by atoms with Crippen LogP contribution < -0.4 is 5.32 Å². The summed E-state index contributed by atoms with van der Waals surface area (Å²) in [7, 11) is 0. The minimum atomic E-state index is -0.818. The molecule has 0 aliphatic heterocycles. The van der Waals surface area contributed by atoms with E-state index in [2.05, 4.69) is 5.32 Å². The Morgan fingerprint density at radius 1 is 1.22 bits per heavy atom. The molecule has 2 aromatic carbocycles. The minimum absolute atomic E-state index is 0.0861. The van der Waals surface area contributed by atoms with Gasteiger partial charge in [0.1, 0.15) is 11.3 Å². The average Bonchev–Trinajstić information content (AvgIpc) is 2.52. The van der Waals surface area contributed by atoms with Crippen molar-refractivity contribution in [2.24, 2.45) is 0 Å². The van der Waals surface area contributed by atoms with E-state index in [0.29, 0.717) is 5.69 Å². The van der Waals surface area contributed by atoms with Gasteiger partial charge in [-0.25, -0.2) is 4.79 Å². The second kappa shape index (κ2) is 7.15. The van der Waals surface area contributed by atoms with Crippen molar-refractivity contribution in [1.82, 2.24) is 0 Å². The van der Waals surface area contributed by atoms with Gasteiger partial charge in [0.25, 0.3) is 5.91 Å². The number of esters is 1. The molecule has 0 saturated carbocycles. The topological polar surface area (TPSA) is 75.6 Å². The Morgan fingerprint density at radius 3 is 2.70 bits per heavy atom. The Hall–Kier alpha value is -2.53. The van der Waals surface area contributed by atoms with Crippen molar-refractivity contribution in [1.29, 1.82) is 0 Å². The highest BCUT2D eigenvalue weighted by atomic mass is 35.5. The quantitative estimate of drug-likeness (QED) is 0.840. The van der Waals surface area contributed by atoms with Crippen molar-refractivity contribution in [3.05, 3.63) is 58.1 Å². The van der Waals surface area contributed by atoms with Crippen molar-refractivity contribution >= 4 is 29.2 Å². The van der Waals surface area contributed by atoms with Gasteiger partial charge in [0.05, 0.1) is 0 Å². The number of ether oxygens (including phenoxy) is 1. The fourth-order valence-electron chi connectivity index (χ4n) is 1.95. The van der Waals surface area contributed by atoms with Crippen LogP contribution in [0.15, 0.2) is 36.4 Å². The summed E-state index contributed by atoms with van der Waals surface area (Å²) in [6.07, 6.45) is 0. The van der Waals surface area contributed by atoms with E-state index in [4.69, 9.17) is 16.3 Å². The van der Waals surface area contributed by atoms with Crippen LogP contribution in [-0.2, 0) is 9.53 Å². The van der Waals surface area contributed by atoms with Crippen molar-refractivity contribution in [2.75, 3.05) is 11.9 Å². The van der Waals surface area contributed by atoms with E-state index < -0.39 is 18.5 Å². The summed E-state index contributed by atoms with van der Waals surface area (Å²) < 4.78 is 4.90. The molecular weight excluding hydrogens is 318 g/mol. The number of aryl methyl sites for hydroxylation is 1. The van der Waals surface area contributed by atoms with E-state index in [1.54, 1.807) is 6.07 Å². The summed E-state index contributed by atoms with van der Waals surface area (Å²) in [6.45, 7) is 3.37. The van der Waals surface area contributed by atoms with Gasteiger partial charge in [0.2, 0.25) is 0 Å². The van der Waals surface area contributed by atoms with Crippen LogP contribution in [0.25, 0.3) is 0 Å². The van der Waals surface area contributed by atoms with E-state index in [1.165, 1.54) is 18.2 Å². The lowest BCUT2D eigenvalue weighted by Gasteiger charge is -2.11. The lowest BCUT2D eigenvalue weighted by molar-refractivity contribution is -0.119. The van der Waals surface area contributed by atoms with Crippen molar-refractivity contribution in [3.8, 4) is 5.75 Å². The monoisotopic (exact) mass is 333 g/mol. The van der Waals surface area contributed by atoms with Gasteiger partial charge in [0.15, 0.2) is 6.61 Å². The molecule has 0 atom stereocenters. The fourth-order valence-corrected chi connectivity index (χ4v) is 2.13. The van der Waals surface area contributed by atoms with Crippen LogP contribution >= 0.6 is 11.6 Å². The summed E-state index contributed by atoms with van der Waals surface area (Å²) in [5, 5.41) is 12.6. The van der Waals surface area contributed by atoms with Gasteiger partial charge in [0, 0.05) is 10.7 Å². The molecule has 0 unspecified atom stereocenters. The number of phenols is 1. The zero-order chi connectivity index (χ0) is 17.0. The maximum atomic E-state index is 11.9. The second-order valence-electron chi connectivity index (χ2n) is 5.03. The van der Waals surface area contributed by atoms with Crippen molar-refractivity contribution < 1.29 is 19.4 Å². The van der Waals surface area contributed by atoms with Gasteiger partial charge < -0.3 is 15.2 Å². The number of hydrogen-bond donors (Lipinski definition) is 2. The van der Waals surface area contributed by atoms with Gasteiger partial charge in [-0.1, -0.05) is 23.7 Å². The van der Waals surface area contributed by atoms with Crippen LogP contribution in [0.4, 0.5) is 5.69 Å². The molecule has 0 heterocycles. The molecule has 2 aromatic rings. The first-order valence-corrected chi connectivity index (χ1v) is 7.28. The first-order valence-electron chi connectivity index (χ1n) is 6.90. The summed E-state index contributed by atoms with van der Waals surface area (Å²) in [4.78, 5) is 23.8. The molecule has 2 rings (SSSR count). The molecular formula is C17H16ClNO4. The average molecular weight is 334 g/mol. The number of benzene rings is 2. The summed E-state index contributed by atoms with van der Waals surface area (Å²) in [5.74, 6) is -1.54. The molecule has 0 bridgehead atoms. The molecule has 6 heteroatoms. The van der Waals surface area contributed by atoms with Crippen molar-refractivity contribution in [3.63, 3.8) is 0 Å². The third kappa shape index (κ3) is 4.23. The number of rotatable bonds is 4. The lowest BCUT2D eigenvalue weighted by atomic mass is 10.1. The Kier molecular flexibility index (Phi) is 5.24. The number of aromatic hydroxyl groups is 1. The molecule has 0 aliphatic rings. The van der Waals surface area contributed by atoms with Gasteiger partial charge >= 0.3 is 5.97 Å². The largest absolute Gasteiger partial charge is 0.507 e. The summed E-state index contributed by atoms with van der Waals surface area (Å²) in [5.41, 5.74) is 2.57. The zero-order valence-electron chi connectivity index (χ0n) is 12.7. The first-order chi connectivity index (χ1) is 10.9. The predicted molar refractivity (Wildman–Crippen MR) is 87.9 cm³/mol. The van der Waals surface area contributed by atoms with Gasteiger partial charge in [-0.3, -0.25) is 4.79 Å². The molecule has 23 heavy (non-hydrogen) atoms. The number of nitrogens with one attached hydrogen (secondary N) is 1. The van der Waals surface area contributed by atoms with Gasteiger partial charge in [-0.05, 0) is 49.2 Å². The van der Waals surface area contributed by atoms with Crippen LogP contribution in [0, 0.1) is 13.8 Å². The maximum Gasteiger partial charge on any atom is 0.342 e. The van der Waals surface area contributed by atoms with Gasteiger partial charge in [-0.2, -0.15) is 0 Å². The molecule has 0 fully saturated rings. The molecule has 0 spiro atoms. The van der Waals surface area contributed by atoms with Crippen LogP contribution in [0.2, 0.25) is 5.02 Å². The van der Waals surface area contributed by atoms with Crippen molar-refractivity contribution in [2.45, 2.75) is 13.8 Å². The highest BCUT2D eigenvalue weighted by molar-refractivity contribution is 6.31. The molecule has 1 amide bonds. The van der Waals surface area contributed by atoms with E-state index >= 15 is 0 Å². The number of phenolic OH excluding ortho intramolecular Hbond substituents is 1. The Morgan fingerprint density at radius 2 is 1.96 bits per heavy atom. The van der Waals surface area contributed by atoms with Gasteiger partial charge in [-0.15, -0.1) is 0 Å². The predicted octanol–water partition coefficient (Wildman–Crippen LogP) is 3.46. The lowest BCUT2D eigenvalue weighted by Crippen LogP contribution is -2.21. The van der Waals surface area contributed by atoms with E-state index in [9.17, 15) is 14.7 Å². The Balaban J connectivity index is 1.98. The Bertz CT molecular complexity index is 758. The minimum Gasteiger partial charge on any atom is -0.507 e. The highest BCUT2D eigenvalue weighted by Crippen LogP contribution is 2.22. The number of carbonyl (C=O) groups is 2. The molecule has 5 nitrogen and oxygen atoms in total. The Labute approximate surface area is 138 Å². The maximum absolute atomic E-state index is 11.9.